The Morgan fingerprint density at radius 1 is 1.50 bits per heavy atom. The number of fused-ring (bicyclic) bond motifs is 1. The normalized spacial score (nSPS) is 14.7. The quantitative estimate of drug-likeness (QED) is 0.816. The van der Waals surface area contributed by atoms with Crippen molar-refractivity contribution >= 4 is 5.91 Å². The average molecular weight is 244 g/mol. The molecule has 1 aromatic rings. The molecule has 18 heavy (non-hydrogen) atoms. The van der Waals surface area contributed by atoms with Gasteiger partial charge in [0.05, 0.1) is 25.2 Å². The Morgan fingerprint density at radius 2 is 2.22 bits per heavy atom. The van der Waals surface area contributed by atoms with Gasteiger partial charge >= 0.3 is 0 Å². The number of amides is 1. The van der Waals surface area contributed by atoms with Crippen molar-refractivity contribution < 1.29 is 9.53 Å². The summed E-state index contributed by atoms with van der Waals surface area (Å²) in [5.74, 6) is -0.205. The molecular formula is C14H16N2O2. The van der Waals surface area contributed by atoms with Crippen molar-refractivity contribution in [2.75, 3.05) is 13.6 Å². The Morgan fingerprint density at radius 3 is 2.94 bits per heavy atom. The number of benzene rings is 1. The Labute approximate surface area is 107 Å². The summed E-state index contributed by atoms with van der Waals surface area (Å²) in [6.07, 6.45) is 0. The van der Waals surface area contributed by atoms with Crippen LogP contribution in [0.4, 0.5) is 0 Å². The maximum Gasteiger partial charge on any atom is 0.253 e. The van der Waals surface area contributed by atoms with Crippen LogP contribution >= 0.6 is 0 Å². The maximum atomic E-state index is 12.2. The number of carbonyl (C=O) groups excluding carboxylic acids is 1. The minimum absolute atomic E-state index is 0.0493. The summed E-state index contributed by atoms with van der Waals surface area (Å²) < 4.78 is 5.32. The molecule has 1 aliphatic heterocycles. The van der Waals surface area contributed by atoms with Crippen LogP contribution in [0.1, 0.15) is 28.4 Å². The monoisotopic (exact) mass is 244 g/mol. The fourth-order valence-corrected chi connectivity index (χ4v) is 2.06. The van der Waals surface area contributed by atoms with E-state index >= 15 is 0 Å². The molecule has 1 heterocycles. The predicted molar refractivity (Wildman–Crippen MR) is 66.7 cm³/mol. The molecule has 0 saturated carbocycles. The number of hydrogen-bond acceptors (Lipinski definition) is 3. The summed E-state index contributed by atoms with van der Waals surface area (Å²) in [4.78, 5) is 13.8. The molecule has 1 amide bonds. The molecule has 1 atom stereocenters. The van der Waals surface area contributed by atoms with Gasteiger partial charge in [-0.05, 0) is 30.2 Å². The molecule has 4 heteroatoms. The van der Waals surface area contributed by atoms with Crippen molar-refractivity contribution in [3.63, 3.8) is 0 Å². The number of ether oxygens (including phenoxy) is 1. The molecule has 0 bridgehead atoms. The van der Waals surface area contributed by atoms with Gasteiger partial charge in [-0.25, -0.2) is 0 Å². The molecule has 0 radical (unpaired) electrons. The first kappa shape index (κ1) is 12.6. The zero-order chi connectivity index (χ0) is 13.1. The number of nitriles is 1. The third kappa shape index (κ3) is 2.52. The number of carbonyl (C=O) groups is 1. The highest BCUT2D eigenvalue weighted by Crippen LogP contribution is 2.21. The largest absolute Gasteiger partial charge is 0.372 e. The van der Waals surface area contributed by atoms with Gasteiger partial charge in [0.25, 0.3) is 5.91 Å². The fourth-order valence-electron chi connectivity index (χ4n) is 2.06. The second kappa shape index (κ2) is 5.19. The molecule has 1 unspecified atom stereocenters. The SMILES string of the molecule is CC(C#N)CN(C)C(=O)c1ccc2c(c1)COC2. The van der Waals surface area contributed by atoms with E-state index in [9.17, 15) is 4.79 Å². The van der Waals surface area contributed by atoms with Crippen LogP contribution in [0.15, 0.2) is 18.2 Å². The van der Waals surface area contributed by atoms with Crippen molar-refractivity contribution in [2.24, 2.45) is 5.92 Å². The first-order chi connectivity index (χ1) is 8.61. The summed E-state index contributed by atoms with van der Waals surface area (Å²) >= 11 is 0. The van der Waals surface area contributed by atoms with E-state index in [1.807, 2.05) is 18.2 Å². The van der Waals surface area contributed by atoms with Crippen molar-refractivity contribution in [2.45, 2.75) is 20.1 Å². The van der Waals surface area contributed by atoms with Crippen LogP contribution in [0.3, 0.4) is 0 Å². The van der Waals surface area contributed by atoms with Crippen molar-refractivity contribution in [3.05, 3.63) is 34.9 Å². The summed E-state index contributed by atoms with van der Waals surface area (Å²) in [5, 5.41) is 8.76. The molecule has 0 fully saturated rings. The van der Waals surface area contributed by atoms with E-state index < -0.39 is 0 Å². The number of hydrogen-bond donors (Lipinski definition) is 0. The van der Waals surface area contributed by atoms with Crippen molar-refractivity contribution in [1.29, 1.82) is 5.26 Å². The highest BCUT2D eigenvalue weighted by atomic mass is 16.5. The van der Waals surface area contributed by atoms with Gasteiger partial charge in [-0.3, -0.25) is 4.79 Å². The van der Waals surface area contributed by atoms with Crippen LogP contribution in [-0.4, -0.2) is 24.4 Å². The molecule has 94 valence electrons. The number of rotatable bonds is 3. The average Bonchev–Trinajstić information content (AvgIpc) is 2.84. The van der Waals surface area contributed by atoms with Crippen molar-refractivity contribution in [1.82, 2.24) is 4.90 Å². The second-order valence-electron chi connectivity index (χ2n) is 4.69. The minimum atomic E-state index is -0.156. The van der Waals surface area contributed by atoms with Gasteiger partial charge in [-0.2, -0.15) is 5.26 Å². The zero-order valence-corrected chi connectivity index (χ0v) is 10.6. The lowest BCUT2D eigenvalue weighted by Crippen LogP contribution is -2.30. The van der Waals surface area contributed by atoms with Crippen LogP contribution in [-0.2, 0) is 18.0 Å². The Kier molecular flexibility index (Phi) is 3.63. The highest BCUT2D eigenvalue weighted by Gasteiger charge is 2.17. The second-order valence-corrected chi connectivity index (χ2v) is 4.69. The lowest BCUT2D eigenvalue weighted by molar-refractivity contribution is 0.0785. The maximum absolute atomic E-state index is 12.2. The third-order valence-electron chi connectivity index (χ3n) is 3.08. The summed E-state index contributed by atoms with van der Waals surface area (Å²) in [6.45, 7) is 3.46. The van der Waals surface area contributed by atoms with E-state index in [2.05, 4.69) is 6.07 Å². The predicted octanol–water partition coefficient (Wildman–Crippen LogP) is 1.95. The lowest BCUT2D eigenvalue weighted by Gasteiger charge is -2.18. The highest BCUT2D eigenvalue weighted by molar-refractivity contribution is 5.94. The minimum Gasteiger partial charge on any atom is -0.372 e. The molecule has 0 spiro atoms. The van der Waals surface area contributed by atoms with Gasteiger partial charge in [0.15, 0.2) is 0 Å². The topological polar surface area (TPSA) is 53.3 Å². The Bertz CT molecular complexity index is 505. The van der Waals surface area contributed by atoms with Crippen LogP contribution in [0.2, 0.25) is 0 Å². The molecule has 0 aliphatic carbocycles. The van der Waals surface area contributed by atoms with Crippen LogP contribution < -0.4 is 0 Å². The van der Waals surface area contributed by atoms with E-state index in [0.29, 0.717) is 25.3 Å². The summed E-state index contributed by atoms with van der Waals surface area (Å²) in [6, 6.07) is 7.78. The lowest BCUT2D eigenvalue weighted by atomic mass is 10.1. The first-order valence-electron chi connectivity index (χ1n) is 5.96. The van der Waals surface area contributed by atoms with Gasteiger partial charge in [0.1, 0.15) is 0 Å². The molecule has 1 aliphatic rings. The van der Waals surface area contributed by atoms with Crippen LogP contribution in [0, 0.1) is 17.2 Å². The molecule has 0 saturated heterocycles. The van der Waals surface area contributed by atoms with Crippen molar-refractivity contribution in [3.8, 4) is 6.07 Å². The molecule has 0 aromatic heterocycles. The van der Waals surface area contributed by atoms with Gasteiger partial charge in [-0.15, -0.1) is 0 Å². The van der Waals surface area contributed by atoms with Gasteiger partial charge < -0.3 is 9.64 Å². The fraction of sp³-hybridized carbons (Fsp3) is 0.429. The van der Waals surface area contributed by atoms with E-state index in [1.165, 1.54) is 0 Å². The van der Waals surface area contributed by atoms with Crippen LogP contribution in [0.5, 0.6) is 0 Å². The molecule has 4 nitrogen and oxygen atoms in total. The van der Waals surface area contributed by atoms with E-state index in [1.54, 1.807) is 18.9 Å². The van der Waals surface area contributed by atoms with Gasteiger partial charge in [-0.1, -0.05) is 6.07 Å². The smallest absolute Gasteiger partial charge is 0.253 e. The van der Waals surface area contributed by atoms with Crippen LogP contribution in [0.25, 0.3) is 0 Å². The standard InChI is InChI=1S/C14H16N2O2/c1-10(6-15)7-16(2)14(17)11-3-4-12-8-18-9-13(12)5-11/h3-5,10H,7-9H2,1-2H3. The first-order valence-corrected chi connectivity index (χ1v) is 5.96. The van der Waals surface area contributed by atoms with E-state index in [4.69, 9.17) is 10.00 Å². The van der Waals surface area contributed by atoms with E-state index in [-0.39, 0.29) is 11.8 Å². The molecule has 0 N–H and O–H groups in total. The summed E-state index contributed by atoms with van der Waals surface area (Å²) in [5.41, 5.74) is 2.90. The van der Waals surface area contributed by atoms with Gasteiger partial charge in [0.2, 0.25) is 0 Å². The number of nitrogens with zero attached hydrogens (tertiary/aromatic N) is 2. The molecule has 1 aromatic carbocycles. The Balaban J connectivity index is 2.12. The van der Waals surface area contributed by atoms with E-state index in [0.717, 1.165) is 11.1 Å². The molecule has 2 rings (SSSR count). The molecular weight excluding hydrogens is 228 g/mol. The summed E-state index contributed by atoms with van der Waals surface area (Å²) in [7, 11) is 1.72. The van der Waals surface area contributed by atoms with Gasteiger partial charge in [0, 0.05) is 19.2 Å². The zero-order valence-electron chi connectivity index (χ0n) is 10.6. The Hall–Kier alpha value is -1.86. The third-order valence-corrected chi connectivity index (χ3v) is 3.08.